The van der Waals surface area contributed by atoms with E-state index in [-0.39, 0.29) is 27.9 Å². The molecule has 146 valence electrons. The fraction of sp³-hybridized carbons (Fsp3) is 0.786. The number of alkyl halides is 3. The molecule has 4 aliphatic rings. The first-order valence-electron chi connectivity index (χ1n) is 8.01. The molecule has 3 saturated heterocycles. The Balaban J connectivity index is 1.80. The molecule has 2 bridgehead atoms. The van der Waals surface area contributed by atoms with Gasteiger partial charge in [0.15, 0.2) is 0 Å². The number of hydrogen-bond acceptors (Lipinski definition) is 6. The topological polar surface area (TPSA) is 83.9 Å². The number of nitrogens with zero attached hydrogens (tertiary/aromatic N) is 1. The highest BCUT2D eigenvalue weighted by Gasteiger charge is 2.67. The Hall–Kier alpha value is -0.510. The lowest BCUT2D eigenvalue weighted by Crippen LogP contribution is -2.49. The lowest BCUT2D eigenvalue weighted by atomic mass is 9.79. The first-order chi connectivity index (χ1) is 11.8. The molecule has 0 saturated carbocycles. The van der Waals surface area contributed by atoms with Gasteiger partial charge in [-0.05, 0) is 26.2 Å². The summed E-state index contributed by atoms with van der Waals surface area (Å²) in [6, 6.07) is -0.790. The van der Waals surface area contributed by atoms with Crippen molar-refractivity contribution in [2.75, 3.05) is 0 Å². The zero-order valence-corrected chi connectivity index (χ0v) is 16.4. The maximum Gasteiger partial charge on any atom is 0.534 e. The van der Waals surface area contributed by atoms with Crippen molar-refractivity contribution in [1.29, 1.82) is 0 Å². The van der Waals surface area contributed by atoms with Crippen molar-refractivity contribution in [3.05, 3.63) is 11.3 Å². The summed E-state index contributed by atoms with van der Waals surface area (Å²) in [5, 5.41) is 9.64. The lowest BCUT2D eigenvalue weighted by Gasteiger charge is -2.47. The van der Waals surface area contributed by atoms with Crippen LogP contribution in [0.4, 0.5) is 13.2 Å². The molecule has 0 radical (unpaired) electrons. The maximum absolute atomic E-state index is 12.7. The number of carboxylic acids is 1. The van der Waals surface area contributed by atoms with Gasteiger partial charge in [-0.15, -0.1) is 11.4 Å². The largest absolute Gasteiger partial charge is 0.534 e. The van der Waals surface area contributed by atoms with E-state index in [1.54, 1.807) is 0 Å². The van der Waals surface area contributed by atoms with Gasteiger partial charge < -0.3 is 9.29 Å². The standard InChI is InChI=1S/C14H17F3NO5PS2/c1-12-4-7-3-9(23-26(21,22)14(15,16)17)10(11(19)20)8-5-13(2,6-12)25-24(12)18(7)8/h7-8H,3-6H2,1-2H3,(H,19,20). The van der Waals surface area contributed by atoms with Crippen molar-refractivity contribution in [2.24, 2.45) is 0 Å². The fourth-order valence-electron chi connectivity index (χ4n) is 4.87. The average molecular weight is 431 g/mol. The van der Waals surface area contributed by atoms with Crippen molar-refractivity contribution < 1.29 is 35.7 Å². The predicted octanol–water partition coefficient (Wildman–Crippen LogP) is 3.41. The second-order valence-electron chi connectivity index (χ2n) is 7.78. The zero-order valence-electron chi connectivity index (χ0n) is 13.9. The van der Waals surface area contributed by atoms with E-state index in [0.717, 1.165) is 6.42 Å². The summed E-state index contributed by atoms with van der Waals surface area (Å²) in [5.41, 5.74) is -5.93. The highest BCUT2D eigenvalue weighted by Crippen LogP contribution is 2.85. The van der Waals surface area contributed by atoms with Crippen LogP contribution in [0.2, 0.25) is 0 Å². The normalized spacial score (nSPS) is 42.3. The van der Waals surface area contributed by atoms with Gasteiger partial charge in [-0.3, -0.25) is 4.67 Å². The van der Waals surface area contributed by atoms with E-state index in [2.05, 4.69) is 22.7 Å². The van der Waals surface area contributed by atoms with E-state index in [9.17, 15) is 31.5 Å². The number of aliphatic carboxylic acids is 1. The molecule has 4 heterocycles. The van der Waals surface area contributed by atoms with E-state index in [1.165, 1.54) is 0 Å². The van der Waals surface area contributed by atoms with E-state index in [1.807, 2.05) is 11.4 Å². The molecule has 6 nitrogen and oxygen atoms in total. The molecule has 1 N–H and O–H groups in total. The summed E-state index contributed by atoms with van der Waals surface area (Å²) in [4.78, 5) is 11.9. The van der Waals surface area contributed by atoms with Gasteiger partial charge in [-0.25, -0.2) is 4.79 Å². The summed E-state index contributed by atoms with van der Waals surface area (Å²) in [7, 11) is -6.56. The Labute approximate surface area is 153 Å². The minimum atomic E-state index is -5.89. The minimum Gasteiger partial charge on any atom is -0.478 e. The third-order valence-electron chi connectivity index (χ3n) is 5.51. The highest BCUT2D eigenvalue weighted by molar-refractivity contribution is 8.56. The number of carboxylic acid groups (broad SMARTS) is 1. The van der Waals surface area contributed by atoms with Gasteiger partial charge in [0.2, 0.25) is 0 Å². The molecule has 12 heteroatoms. The number of carbonyl (C=O) groups is 1. The number of fused-ring (bicyclic) bond motifs is 1. The third-order valence-corrected chi connectivity index (χ3v) is 13.4. The van der Waals surface area contributed by atoms with Crippen molar-refractivity contribution in [1.82, 2.24) is 4.67 Å². The highest BCUT2D eigenvalue weighted by atomic mass is 32.7. The fourth-order valence-corrected chi connectivity index (χ4v) is 12.9. The molecule has 0 aromatic heterocycles. The lowest BCUT2D eigenvalue weighted by molar-refractivity contribution is -0.133. The molecular formula is C14H17F3NO5PS2. The molecule has 4 rings (SSSR count). The van der Waals surface area contributed by atoms with Crippen LogP contribution in [0.15, 0.2) is 11.3 Å². The van der Waals surface area contributed by atoms with E-state index in [0.29, 0.717) is 12.8 Å². The van der Waals surface area contributed by atoms with Crippen LogP contribution in [0, 0.1) is 0 Å². The molecule has 0 aliphatic carbocycles. The van der Waals surface area contributed by atoms with Gasteiger partial charge in [0.1, 0.15) is 5.76 Å². The molecule has 5 unspecified atom stereocenters. The molecule has 4 aliphatic heterocycles. The van der Waals surface area contributed by atoms with Crippen molar-refractivity contribution >= 4 is 34.7 Å². The molecule has 0 spiro atoms. The second kappa shape index (κ2) is 5.30. The van der Waals surface area contributed by atoms with Crippen LogP contribution in [-0.4, -0.2) is 51.7 Å². The van der Waals surface area contributed by atoms with Crippen molar-refractivity contribution in [3.8, 4) is 0 Å². The maximum atomic E-state index is 12.7. The van der Waals surface area contributed by atoms with Crippen LogP contribution >= 0.6 is 18.7 Å². The van der Waals surface area contributed by atoms with Crippen LogP contribution in [0.3, 0.4) is 0 Å². The monoisotopic (exact) mass is 431 g/mol. The van der Waals surface area contributed by atoms with Crippen LogP contribution in [0.25, 0.3) is 0 Å². The predicted molar refractivity (Wildman–Crippen MR) is 89.9 cm³/mol. The Morgan fingerprint density at radius 3 is 2.62 bits per heavy atom. The van der Waals surface area contributed by atoms with Crippen LogP contribution < -0.4 is 0 Å². The van der Waals surface area contributed by atoms with Gasteiger partial charge in [-0.2, -0.15) is 21.6 Å². The zero-order chi connectivity index (χ0) is 19.3. The Morgan fingerprint density at radius 2 is 2.04 bits per heavy atom. The number of rotatable bonds is 3. The Morgan fingerprint density at radius 1 is 1.38 bits per heavy atom. The molecule has 26 heavy (non-hydrogen) atoms. The van der Waals surface area contributed by atoms with Crippen LogP contribution in [0.5, 0.6) is 0 Å². The molecule has 0 amide bonds. The molecular weight excluding hydrogens is 414 g/mol. The smallest absolute Gasteiger partial charge is 0.478 e. The summed E-state index contributed by atoms with van der Waals surface area (Å²) >= 11 is 1.86. The minimum absolute atomic E-state index is 0.00384. The second-order valence-corrected chi connectivity index (χ2v) is 14.2. The van der Waals surface area contributed by atoms with E-state index in [4.69, 9.17) is 0 Å². The van der Waals surface area contributed by atoms with Crippen molar-refractivity contribution in [2.45, 2.75) is 67.0 Å². The molecule has 5 atom stereocenters. The van der Waals surface area contributed by atoms with E-state index >= 15 is 0 Å². The Bertz CT molecular complexity index is 831. The molecule has 0 aromatic carbocycles. The summed E-state index contributed by atoms with van der Waals surface area (Å²) in [6.45, 7) is 4.20. The Kier molecular flexibility index (Phi) is 3.84. The summed E-state index contributed by atoms with van der Waals surface area (Å²) in [6.07, 6.45) is 1.98. The SMILES string of the molecule is CC12CC3C(C(=O)O)=C(OS(=O)(=O)C(F)(F)F)CC4CC(C)(C1)P(S2)N43. The molecule has 3 fully saturated rings. The van der Waals surface area contributed by atoms with Crippen LogP contribution in [0.1, 0.15) is 39.5 Å². The summed E-state index contributed by atoms with van der Waals surface area (Å²) in [5.74, 6) is -1.98. The van der Waals surface area contributed by atoms with Gasteiger partial charge >= 0.3 is 21.6 Å². The van der Waals surface area contributed by atoms with Gasteiger partial charge in [0, 0.05) is 29.6 Å². The van der Waals surface area contributed by atoms with Crippen LogP contribution in [-0.2, 0) is 19.1 Å². The molecule has 0 aromatic rings. The van der Waals surface area contributed by atoms with Gasteiger partial charge in [0.25, 0.3) is 0 Å². The average Bonchev–Trinajstić information content (AvgIpc) is 2.78. The third kappa shape index (κ3) is 2.53. The van der Waals surface area contributed by atoms with Crippen molar-refractivity contribution in [3.63, 3.8) is 0 Å². The summed E-state index contributed by atoms with van der Waals surface area (Å²) < 4.78 is 67.5. The van der Waals surface area contributed by atoms with Gasteiger partial charge in [0.05, 0.1) is 11.6 Å². The number of halogens is 3. The first kappa shape index (κ1) is 18.8. The van der Waals surface area contributed by atoms with Gasteiger partial charge in [-0.1, -0.05) is 6.92 Å². The first-order valence-corrected chi connectivity index (χ1v) is 12.1. The van der Waals surface area contributed by atoms with E-state index < -0.39 is 40.7 Å². The number of hydrogen-bond donors (Lipinski definition) is 1. The quantitative estimate of drug-likeness (QED) is 0.417.